The second kappa shape index (κ2) is 7.60. The number of carbonyl (C=O) groups excluding carboxylic acids is 2. The van der Waals surface area contributed by atoms with Gasteiger partial charge >= 0.3 is 0 Å². The molecule has 2 heterocycles. The molecule has 2 amide bonds. The smallest absolute Gasteiger partial charge is 0.240 e. The summed E-state index contributed by atoms with van der Waals surface area (Å²) in [6.07, 6.45) is 4.69. The summed E-state index contributed by atoms with van der Waals surface area (Å²) < 4.78 is 0. The van der Waals surface area contributed by atoms with Gasteiger partial charge in [0.05, 0.1) is 5.69 Å². The summed E-state index contributed by atoms with van der Waals surface area (Å²) in [4.78, 5) is 32.9. The zero-order valence-electron chi connectivity index (χ0n) is 16.7. The van der Waals surface area contributed by atoms with Crippen LogP contribution in [0.5, 0.6) is 0 Å². The van der Waals surface area contributed by atoms with Gasteiger partial charge in [0, 0.05) is 34.8 Å². The molecule has 4 N–H and O–H groups in total. The Labute approximate surface area is 178 Å². The lowest BCUT2D eigenvalue weighted by Gasteiger charge is -2.16. The van der Waals surface area contributed by atoms with Crippen molar-refractivity contribution in [3.63, 3.8) is 0 Å². The molecular weight excluding hydrogens is 390 g/mol. The summed E-state index contributed by atoms with van der Waals surface area (Å²) in [7, 11) is 0. The summed E-state index contributed by atoms with van der Waals surface area (Å²) in [6.45, 7) is 0. The first kappa shape index (κ1) is 18.9. The minimum atomic E-state index is -0.996. The minimum Gasteiger partial charge on any atom is -0.355 e. The van der Waals surface area contributed by atoms with Crippen molar-refractivity contribution in [2.24, 2.45) is 5.41 Å². The molecule has 0 unspecified atom stereocenters. The van der Waals surface area contributed by atoms with Gasteiger partial charge in [-0.1, -0.05) is 18.2 Å². The highest BCUT2D eigenvalue weighted by Gasteiger charge is 2.56. The number of aromatic amines is 1. The van der Waals surface area contributed by atoms with Crippen molar-refractivity contribution in [2.45, 2.75) is 12.8 Å². The Morgan fingerprint density at radius 3 is 2.13 bits per heavy atom. The van der Waals surface area contributed by atoms with E-state index in [1.165, 1.54) is 0 Å². The standard InChI is InChI=1S/C24H21N5O2/c30-22(28-16-4-2-1-3-5-16)24(12-13-24)23(31)29-18-8-6-17(7-9-18)27-20-11-15-26-21-19(20)10-14-25-21/h1-11,14-15H,12-13H2,(H,28,30)(H,29,31)(H2,25,26,27). The van der Waals surface area contributed by atoms with Crippen LogP contribution in [0.2, 0.25) is 0 Å². The van der Waals surface area contributed by atoms with E-state index in [0.29, 0.717) is 24.2 Å². The van der Waals surface area contributed by atoms with Gasteiger partial charge in [-0.25, -0.2) is 4.98 Å². The zero-order chi connectivity index (χ0) is 21.3. The van der Waals surface area contributed by atoms with E-state index < -0.39 is 5.41 Å². The lowest BCUT2D eigenvalue weighted by atomic mass is 10.0. The Morgan fingerprint density at radius 2 is 1.45 bits per heavy atom. The average Bonchev–Trinajstić information content (AvgIpc) is 3.47. The van der Waals surface area contributed by atoms with Gasteiger partial charge < -0.3 is 20.9 Å². The van der Waals surface area contributed by atoms with Crippen LogP contribution in [-0.4, -0.2) is 21.8 Å². The highest BCUT2D eigenvalue weighted by Crippen LogP contribution is 2.47. The molecule has 4 aromatic rings. The van der Waals surface area contributed by atoms with E-state index >= 15 is 0 Å². The number of H-pyrrole nitrogens is 1. The highest BCUT2D eigenvalue weighted by atomic mass is 16.2. The molecule has 7 heteroatoms. The van der Waals surface area contributed by atoms with Crippen LogP contribution < -0.4 is 16.0 Å². The van der Waals surface area contributed by atoms with Gasteiger partial charge in [0.25, 0.3) is 0 Å². The average molecular weight is 411 g/mol. The van der Waals surface area contributed by atoms with Crippen LogP contribution in [0, 0.1) is 5.41 Å². The number of benzene rings is 2. The predicted molar refractivity (Wildman–Crippen MR) is 121 cm³/mol. The van der Waals surface area contributed by atoms with Crippen molar-refractivity contribution in [1.82, 2.24) is 9.97 Å². The van der Waals surface area contributed by atoms with Crippen molar-refractivity contribution >= 4 is 45.6 Å². The Kier molecular flexibility index (Phi) is 4.63. The van der Waals surface area contributed by atoms with Crippen molar-refractivity contribution in [2.75, 3.05) is 16.0 Å². The molecule has 2 aromatic heterocycles. The third-order valence-electron chi connectivity index (χ3n) is 5.53. The van der Waals surface area contributed by atoms with Gasteiger partial charge in [-0.05, 0) is 61.4 Å². The number of nitrogens with zero attached hydrogens (tertiary/aromatic N) is 1. The number of para-hydroxylation sites is 1. The van der Waals surface area contributed by atoms with Crippen LogP contribution >= 0.6 is 0 Å². The number of amides is 2. The van der Waals surface area contributed by atoms with E-state index in [2.05, 4.69) is 25.9 Å². The molecular formula is C24H21N5O2. The van der Waals surface area contributed by atoms with Gasteiger partial charge in [-0.3, -0.25) is 9.59 Å². The normalized spacial score (nSPS) is 14.1. The number of hydrogen-bond donors (Lipinski definition) is 4. The van der Waals surface area contributed by atoms with Gasteiger partial charge in [0.2, 0.25) is 11.8 Å². The van der Waals surface area contributed by atoms with Crippen molar-refractivity contribution < 1.29 is 9.59 Å². The number of nitrogens with one attached hydrogen (secondary N) is 4. The summed E-state index contributed by atoms with van der Waals surface area (Å²) >= 11 is 0. The van der Waals surface area contributed by atoms with Gasteiger partial charge in [-0.15, -0.1) is 0 Å². The van der Waals surface area contributed by atoms with Crippen molar-refractivity contribution in [3.8, 4) is 0 Å². The second-order valence-corrected chi connectivity index (χ2v) is 7.66. The van der Waals surface area contributed by atoms with Crippen LogP contribution in [0.15, 0.2) is 79.1 Å². The van der Waals surface area contributed by atoms with E-state index in [-0.39, 0.29) is 11.8 Å². The minimum absolute atomic E-state index is 0.261. The van der Waals surface area contributed by atoms with E-state index in [9.17, 15) is 9.59 Å². The molecule has 1 saturated carbocycles. The third kappa shape index (κ3) is 3.73. The SMILES string of the molecule is O=C(Nc1ccccc1)C1(C(=O)Nc2ccc(Nc3ccnc4[nH]ccc34)cc2)CC1. The van der Waals surface area contributed by atoms with E-state index in [1.807, 2.05) is 72.9 Å². The molecule has 1 fully saturated rings. The highest BCUT2D eigenvalue weighted by molar-refractivity contribution is 6.16. The van der Waals surface area contributed by atoms with E-state index in [4.69, 9.17) is 0 Å². The Morgan fingerprint density at radius 1 is 0.806 bits per heavy atom. The first-order valence-corrected chi connectivity index (χ1v) is 10.1. The molecule has 1 aliphatic carbocycles. The van der Waals surface area contributed by atoms with Crippen molar-refractivity contribution in [3.05, 3.63) is 79.1 Å². The molecule has 5 rings (SSSR count). The molecule has 0 saturated heterocycles. The first-order valence-electron chi connectivity index (χ1n) is 10.1. The van der Waals surface area contributed by atoms with Crippen LogP contribution in [0.4, 0.5) is 22.7 Å². The maximum atomic E-state index is 12.8. The maximum Gasteiger partial charge on any atom is 0.240 e. The molecule has 0 spiro atoms. The van der Waals surface area contributed by atoms with Crippen LogP contribution in [-0.2, 0) is 9.59 Å². The second-order valence-electron chi connectivity index (χ2n) is 7.66. The Bertz CT molecular complexity index is 1240. The monoisotopic (exact) mass is 411 g/mol. The Hall–Kier alpha value is -4.13. The number of pyridine rings is 1. The fourth-order valence-electron chi connectivity index (χ4n) is 3.57. The van der Waals surface area contributed by atoms with Crippen LogP contribution in [0.3, 0.4) is 0 Å². The number of anilines is 4. The van der Waals surface area contributed by atoms with E-state index in [0.717, 1.165) is 22.4 Å². The van der Waals surface area contributed by atoms with Crippen LogP contribution in [0.25, 0.3) is 11.0 Å². The molecule has 2 aromatic carbocycles. The van der Waals surface area contributed by atoms with Crippen molar-refractivity contribution in [1.29, 1.82) is 0 Å². The predicted octanol–water partition coefficient (Wildman–Crippen LogP) is 4.66. The summed E-state index contributed by atoms with van der Waals surface area (Å²) in [5.74, 6) is -0.535. The topological polar surface area (TPSA) is 98.9 Å². The molecule has 1 aliphatic rings. The van der Waals surface area contributed by atoms with Gasteiger partial charge in [0.1, 0.15) is 11.1 Å². The van der Waals surface area contributed by atoms with Crippen LogP contribution in [0.1, 0.15) is 12.8 Å². The molecule has 7 nitrogen and oxygen atoms in total. The summed E-state index contributed by atoms with van der Waals surface area (Å²) in [6, 6.07) is 20.5. The number of fused-ring (bicyclic) bond motifs is 1. The molecule has 0 radical (unpaired) electrons. The number of hydrogen-bond acceptors (Lipinski definition) is 4. The lowest BCUT2D eigenvalue weighted by molar-refractivity contribution is -0.131. The molecule has 154 valence electrons. The largest absolute Gasteiger partial charge is 0.355 e. The molecule has 0 aliphatic heterocycles. The van der Waals surface area contributed by atoms with Gasteiger partial charge in [-0.2, -0.15) is 0 Å². The third-order valence-corrected chi connectivity index (χ3v) is 5.53. The zero-order valence-corrected chi connectivity index (χ0v) is 16.7. The number of aromatic nitrogens is 2. The summed E-state index contributed by atoms with van der Waals surface area (Å²) in [5, 5.41) is 10.1. The fraction of sp³-hybridized carbons (Fsp3) is 0.125. The fourth-order valence-corrected chi connectivity index (χ4v) is 3.57. The van der Waals surface area contributed by atoms with Gasteiger partial charge in [0.15, 0.2) is 0 Å². The van der Waals surface area contributed by atoms with E-state index in [1.54, 1.807) is 6.20 Å². The quantitative estimate of drug-likeness (QED) is 0.347. The lowest BCUT2D eigenvalue weighted by Crippen LogP contribution is -2.35. The summed E-state index contributed by atoms with van der Waals surface area (Å²) in [5.41, 5.74) is 2.99. The maximum absolute atomic E-state index is 12.8. The molecule has 0 bridgehead atoms. The number of carbonyl (C=O) groups is 2. The molecule has 0 atom stereocenters. The number of rotatable bonds is 6. The first-order chi connectivity index (χ1) is 15.1. The Balaban J connectivity index is 1.25. The molecule has 31 heavy (non-hydrogen) atoms.